The summed E-state index contributed by atoms with van der Waals surface area (Å²) in [6.45, 7) is 5.50. The fraction of sp³-hybridized carbons (Fsp3) is 0.462. The molecule has 0 saturated carbocycles. The number of hydrogen-bond donors (Lipinski definition) is 0. The highest BCUT2D eigenvalue weighted by atomic mass is 79.9. The molecule has 0 aliphatic rings. The van der Waals surface area contributed by atoms with Crippen LogP contribution in [0.25, 0.3) is 11.0 Å². The molecule has 0 atom stereocenters. The van der Waals surface area contributed by atoms with E-state index in [1.165, 1.54) is 0 Å². The number of aromatic nitrogens is 2. The van der Waals surface area contributed by atoms with Gasteiger partial charge in [0, 0.05) is 11.0 Å². The molecule has 0 aliphatic carbocycles. The van der Waals surface area contributed by atoms with Crippen LogP contribution < -0.4 is 0 Å². The maximum absolute atomic E-state index is 5.95. The highest BCUT2D eigenvalue weighted by Crippen LogP contribution is 2.22. The molecule has 0 aliphatic heterocycles. The van der Waals surface area contributed by atoms with Crippen molar-refractivity contribution in [2.45, 2.75) is 32.4 Å². The van der Waals surface area contributed by atoms with Gasteiger partial charge in [-0.2, -0.15) is 0 Å². The van der Waals surface area contributed by atoms with E-state index in [1.807, 2.05) is 26.0 Å². The first-order valence-corrected chi connectivity index (χ1v) is 7.27. The number of nitrogens with zero attached hydrogens (tertiary/aromatic N) is 2. The SMILES string of the molecule is CC(C)OCCn1c(CCl)nc2ccc(Br)cc21. The van der Waals surface area contributed by atoms with Crippen molar-refractivity contribution in [1.29, 1.82) is 0 Å². The summed E-state index contributed by atoms with van der Waals surface area (Å²) in [6, 6.07) is 6.05. The van der Waals surface area contributed by atoms with Crippen molar-refractivity contribution in [2.75, 3.05) is 6.61 Å². The number of rotatable bonds is 5. The number of fused-ring (bicyclic) bond motifs is 1. The van der Waals surface area contributed by atoms with Gasteiger partial charge in [0.1, 0.15) is 5.82 Å². The van der Waals surface area contributed by atoms with E-state index in [9.17, 15) is 0 Å². The van der Waals surface area contributed by atoms with Gasteiger partial charge in [-0.05, 0) is 32.0 Å². The molecule has 5 heteroatoms. The standard InChI is InChI=1S/C13H16BrClN2O/c1-9(2)18-6-5-17-12-7-10(14)3-4-11(12)16-13(17)8-15/h3-4,7,9H,5-6,8H2,1-2H3. The van der Waals surface area contributed by atoms with E-state index in [0.29, 0.717) is 12.5 Å². The smallest absolute Gasteiger partial charge is 0.124 e. The molecule has 0 radical (unpaired) electrons. The molecule has 1 heterocycles. The van der Waals surface area contributed by atoms with Gasteiger partial charge in [0.25, 0.3) is 0 Å². The fourth-order valence-electron chi connectivity index (χ4n) is 1.88. The Kier molecular flexibility index (Phi) is 4.65. The first kappa shape index (κ1) is 13.8. The van der Waals surface area contributed by atoms with Gasteiger partial charge in [0.2, 0.25) is 0 Å². The molecule has 98 valence electrons. The molecule has 0 unspecified atom stereocenters. The third-order valence-corrected chi connectivity index (χ3v) is 3.41. The second-order valence-electron chi connectivity index (χ2n) is 4.37. The third kappa shape index (κ3) is 3.05. The van der Waals surface area contributed by atoms with Crippen molar-refractivity contribution in [2.24, 2.45) is 0 Å². The van der Waals surface area contributed by atoms with Crippen LogP contribution in [-0.2, 0) is 17.2 Å². The highest BCUT2D eigenvalue weighted by molar-refractivity contribution is 9.10. The predicted molar refractivity (Wildman–Crippen MR) is 78.1 cm³/mol. The van der Waals surface area contributed by atoms with Crippen LogP contribution >= 0.6 is 27.5 Å². The molecule has 1 aromatic heterocycles. The summed E-state index contributed by atoms with van der Waals surface area (Å²) in [6.07, 6.45) is 0.242. The van der Waals surface area contributed by atoms with Crippen LogP contribution in [0.1, 0.15) is 19.7 Å². The second kappa shape index (κ2) is 6.04. The molecule has 0 N–H and O–H groups in total. The minimum Gasteiger partial charge on any atom is -0.377 e. The first-order chi connectivity index (χ1) is 8.61. The Bertz CT molecular complexity index is 539. The lowest BCUT2D eigenvalue weighted by atomic mass is 10.3. The van der Waals surface area contributed by atoms with Crippen LogP contribution in [0.2, 0.25) is 0 Å². The van der Waals surface area contributed by atoms with Crippen LogP contribution in [0.3, 0.4) is 0 Å². The zero-order valence-corrected chi connectivity index (χ0v) is 12.8. The Hall–Kier alpha value is -0.580. The zero-order chi connectivity index (χ0) is 13.1. The molecule has 0 amide bonds. The summed E-state index contributed by atoms with van der Waals surface area (Å²) in [5.41, 5.74) is 2.06. The van der Waals surface area contributed by atoms with Crippen molar-refractivity contribution >= 4 is 38.6 Å². The molecule has 0 saturated heterocycles. The maximum Gasteiger partial charge on any atom is 0.124 e. The summed E-state index contributed by atoms with van der Waals surface area (Å²) in [7, 11) is 0. The molecule has 2 aromatic rings. The van der Waals surface area contributed by atoms with Crippen molar-refractivity contribution in [1.82, 2.24) is 9.55 Å². The molecular formula is C13H16BrClN2O. The summed E-state index contributed by atoms with van der Waals surface area (Å²) in [5.74, 6) is 1.30. The van der Waals surface area contributed by atoms with E-state index in [2.05, 4.69) is 31.5 Å². The molecule has 0 bridgehead atoms. The summed E-state index contributed by atoms with van der Waals surface area (Å²) >= 11 is 9.43. The lowest BCUT2D eigenvalue weighted by Gasteiger charge is -2.10. The monoisotopic (exact) mass is 330 g/mol. The number of hydrogen-bond acceptors (Lipinski definition) is 2. The minimum atomic E-state index is 0.242. The maximum atomic E-state index is 5.95. The largest absolute Gasteiger partial charge is 0.377 e. The first-order valence-electron chi connectivity index (χ1n) is 5.94. The molecule has 0 fully saturated rings. The lowest BCUT2D eigenvalue weighted by Crippen LogP contribution is -2.12. The van der Waals surface area contributed by atoms with Gasteiger partial charge in [-0.25, -0.2) is 4.98 Å². The third-order valence-electron chi connectivity index (χ3n) is 2.67. The number of imidazole rings is 1. The van der Waals surface area contributed by atoms with E-state index in [-0.39, 0.29) is 6.10 Å². The van der Waals surface area contributed by atoms with E-state index < -0.39 is 0 Å². The van der Waals surface area contributed by atoms with E-state index in [1.54, 1.807) is 0 Å². The van der Waals surface area contributed by atoms with Gasteiger partial charge >= 0.3 is 0 Å². The average Bonchev–Trinajstić information content (AvgIpc) is 2.66. The van der Waals surface area contributed by atoms with Crippen molar-refractivity contribution < 1.29 is 4.74 Å². The fourth-order valence-corrected chi connectivity index (χ4v) is 2.43. The number of halogens is 2. The van der Waals surface area contributed by atoms with Gasteiger partial charge < -0.3 is 9.30 Å². The summed E-state index contributed by atoms with van der Waals surface area (Å²) in [4.78, 5) is 4.52. The van der Waals surface area contributed by atoms with Crippen molar-refractivity contribution in [3.8, 4) is 0 Å². The van der Waals surface area contributed by atoms with Crippen LogP contribution in [0.15, 0.2) is 22.7 Å². The molecular weight excluding hydrogens is 316 g/mol. The van der Waals surface area contributed by atoms with E-state index in [0.717, 1.165) is 27.9 Å². The Labute approximate surface area is 120 Å². The molecule has 3 nitrogen and oxygen atoms in total. The van der Waals surface area contributed by atoms with Crippen LogP contribution in [0, 0.1) is 0 Å². The lowest BCUT2D eigenvalue weighted by molar-refractivity contribution is 0.0729. The topological polar surface area (TPSA) is 27.1 Å². The van der Waals surface area contributed by atoms with Crippen molar-refractivity contribution in [3.05, 3.63) is 28.5 Å². The van der Waals surface area contributed by atoms with Crippen LogP contribution in [-0.4, -0.2) is 22.3 Å². The normalized spacial score (nSPS) is 11.6. The Balaban J connectivity index is 2.30. The van der Waals surface area contributed by atoms with Crippen LogP contribution in [0.5, 0.6) is 0 Å². The average molecular weight is 332 g/mol. The van der Waals surface area contributed by atoms with E-state index in [4.69, 9.17) is 16.3 Å². The van der Waals surface area contributed by atoms with Gasteiger partial charge in [0.15, 0.2) is 0 Å². The Morgan fingerprint density at radius 3 is 2.89 bits per heavy atom. The van der Waals surface area contributed by atoms with Crippen molar-refractivity contribution in [3.63, 3.8) is 0 Å². The summed E-state index contributed by atoms with van der Waals surface area (Å²) < 4.78 is 8.75. The predicted octanol–water partition coefficient (Wildman–Crippen LogP) is 3.96. The minimum absolute atomic E-state index is 0.242. The number of benzene rings is 1. The zero-order valence-electron chi connectivity index (χ0n) is 10.5. The molecule has 1 aromatic carbocycles. The highest BCUT2D eigenvalue weighted by Gasteiger charge is 2.10. The molecule has 2 rings (SSSR count). The van der Waals surface area contributed by atoms with Gasteiger partial charge in [-0.15, -0.1) is 11.6 Å². The number of alkyl halides is 1. The Morgan fingerprint density at radius 1 is 1.44 bits per heavy atom. The van der Waals surface area contributed by atoms with Gasteiger partial charge in [0.05, 0.1) is 29.6 Å². The van der Waals surface area contributed by atoms with E-state index >= 15 is 0 Å². The molecule has 0 spiro atoms. The van der Waals surface area contributed by atoms with Crippen LogP contribution in [0.4, 0.5) is 0 Å². The van der Waals surface area contributed by atoms with Gasteiger partial charge in [-0.1, -0.05) is 15.9 Å². The molecule has 18 heavy (non-hydrogen) atoms. The Morgan fingerprint density at radius 2 is 2.22 bits per heavy atom. The quantitative estimate of drug-likeness (QED) is 0.775. The number of ether oxygens (including phenoxy) is 1. The van der Waals surface area contributed by atoms with Gasteiger partial charge in [-0.3, -0.25) is 0 Å². The second-order valence-corrected chi connectivity index (χ2v) is 5.55. The summed E-state index contributed by atoms with van der Waals surface area (Å²) in [5, 5.41) is 0.